The van der Waals surface area contributed by atoms with Crippen LogP contribution in [0.4, 0.5) is 0 Å². The summed E-state index contributed by atoms with van der Waals surface area (Å²) < 4.78 is 0. The lowest BCUT2D eigenvalue weighted by atomic mass is 10.1. The van der Waals surface area contributed by atoms with Crippen molar-refractivity contribution < 1.29 is 4.79 Å². The van der Waals surface area contributed by atoms with Crippen LogP contribution in [-0.2, 0) is 0 Å². The lowest BCUT2D eigenvalue weighted by Crippen LogP contribution is -2.55. The summed E-state index contributed by atoms with van der Waals surface area (Å²) in [5.74, 6) is 0.296. The van der Waals surface area contributed by atoms with Gasteiger partial charge in [0.05, 0.1) is 6.54 Å². The van der Waals surface area contributed by atoms with Gasteiger partial charge in [0, 0.05) is 40.5 Å². The topological polar surface area (TPSA) is 23.6 Å². The minimum atomic E-state index is 0.296. The standard InChI is InChI=1S/C16H24N2OS/c1-11-8-17-6-4-5-14(17)9-18(11)10-16(19)15-7-12(2)20-13(15)3/h7,11,14H,4-6,8-10H2,1-3H3. The molecule has 2 fully saturated rings. The SMILES string of the molecule is Cc1cc(C(=O)CN2CC3CCCN3CC2C)c(C)s1. The maximum atomic E-state index is 12.5. The summed E-state index contributed by atoms with van der Waals surface area (Å²) in [6.45, 7) is 10.4. The Labute approximate surface area is 125 Å². The van der Waals surface area contributed by atoms with E-state index in [1.807, 2.05) is 0 Å². The van der Waals surface area contributed by atoms with Gasteiger partial charge in [-0.05, 0) is 46.2 Å². The highest BCUT2D eigenvalue weighted by molar-refractivity contribution is 7.12. The van der Waals surface area contributed by atoms with Crippen LogP contribution in [0.5, 0.6) is 0 Å². The molecule has 3 rings (SSSR count). The quantitative estimate of drug-likeness (QED) is 0.800. The molecular weight excluding hydrogens is 268 g/mol. The van der Waals surface area contributed by atoms with Gasteiger partial charge in [0.25, 0.3) is 0 Å². The summed E-state index contributed by atoms with van der Waals surface area (Å²) in [5.41, 5.74) is 0.938. The highest BCUT2D eigenvalue weighted by Crippen LogP contribution is 2.26. The number of fused-ring (bicyclic) bond motifs is 1. The second kappa shape index (κ2) is 5.58. The lowest BCUT2D eigenvalue weighted by Gasteiger charge is -2.42. The van der Waals surface area contributed by atoms with Crippen LogP contribution in [0, 0.1) is 13.8 Å². The van der Waals surface area contributed by atoms with Crippen molar-refractivity contribution in [3.63, 3.8) is 0 Å². The van der Waals surface area contributed by atoms with Gasteiger partial charge in [-0.1, -0.05) is 0 Å². The fourth-order valence-corrected chi connectivity index (χ4v) is 4.59. The molecular formula is C16H24N2OS. The summed E-state index contributed by atoms with van der Waals surface area (Å²) >= 11 is 1.73. The monoisotopic (exact) mass is 292 g/mol. The van der Waals surface area contributed by atoms with Gasteiger partial charge in [-0.2, -0.15) is 0 Å². The number of carbonyl (C=O) groups is 1. The normalized spacial score (nSPS) is 27.8. The summed E-state index contributed by atoms with van der Waals surface area (Å²) in [6, 6.07) is 3.23. The van der Waals surface area contributed by atoms with E-state index in [1.165, 1.54) is 29.1 Å². The van der Waals surface area contributed by atoms with Gasteiger partial charge in [0.15, 0.2) is 5.78 Å². The maximum Gasteiger partial charge on any atom is 0.177 e. The number of ketones is 1. The largest absolute Gasteiger partial charge is 0.298 e. The van der Waals surface area contributed by atoms with Crippen LogP contribution in [0.2, 0.25) is 0 Å². The van der Waals surface area contributed by atoms with Crippen molar-refractivity contribution in [1.82, 2.24) is 9.80 Å². The number of nitrogens with zero attached hydrogens (tertiary/aromatic N) is 2. The van der Waals surface area contributed by atoms with Gasteiger partial charge >= 0.3 is 0 Å². The molecule has 0 saturated carbocycles. The third-order valence-corrected chi connectivity index (χ3v) is 5.72. The van der Waals surface area contributed by atoms with Gasteiger partial charge in [-0.25, -0.2) is 0 Å². The molecule has 2 aliphatic rings. The molecule has 2 atom stereocenters. The number of piperazine rings is 1. The fraction of sp³-hybridized carbons (Fsp3) is 0.688. The Morgan fingerprint density at radius 2 is 2.20 bits per heavy atom. The van der Waals surface area contributed by atoms with Crippen molar-refractivity contribution in [2.75, 3.05) is 26.2 Å². The first kappa shape index (κ1) is 14.2. The van der Waals surface area contributed by atoms with E-state index in [0.717, 1.165) is 18.7 Å². The molecule has 0 amide bonds. The Balaban J connectivity index is 1.67. The molecule has 3 nitrogen and oxygen atoms in total. The highest BCUT2D eigenvalue weighted by atomic mass is 32.1. The van der Waals surface area contributed by atoms with E-state index in [9.17, 15) is 4.79 Å². The molecule has 0 spiro atoms. The van der Waals surface area contributed by atoms with E-state index in [-0.39, 0.29) is 0 Å². The zero-order valence-electron chi connectivity index (χ0n) is 12.7. The zero-order chi connectivity index (χ0) is 14.3. The Hall–Kier alpha value is -0.710. The zero-order valence-corrected chi connectivity index (χ0v) is 13.5. The molecule has 0 N–H and O–H groups in total. The Morgan fingerprint density at radius 3 is 2.90 bits per heavy atom. The van der Waals surface area contributed by atoms with Crippen LogP contribution < -0.4 is 0 Å². The van der Waals surface area contributed by atoms with Crippen molar-refractivity contribution in [3.05, 3.63) is 21.4 Å². The number of hydrogen-bond acceptors (Lipinski definition) is 4. The van der Waals surface area contributed by atoms with Crippen molar-refractivity contribution in [1.29, 1.82) is 0 Å². The highest BCUT2D eigenvalue weighted by Gasteiger charge is 2.35. The van der Waals surface area contributed by atoms with Crippen molar-refractivity contribution in [2.24, 2.45) is 0 Å². The maximum absolute atomic E-state index is 12.5. The number of carbonyl (C=O) groups excluding carboxylic acids is 1. The summed E-state index contributed by atoms with van der Waals surface area (Å²) in [5, 5.41) is 0. The molecule has 2 aliphatic heterocycles. The summed E-state index contributed by atoms with van der Waals surface area (Å²) in [7, 11) is 0. The molecule has 110 valence electrons. The second-order valence-corrected chi connectivity index (χ2v) is 7.78. The van der Waals surface area contributed by atoms with Gasteiger partial charge in [-0.15, -0.1) is 11.3 Å². The molecule has 1 aromatic heterocycles. The third kappa shape index (κ3) is 2.69. The van der Waals surface area contributed by atoms with Crippen molar-refractivity contribution in [3.8, 4) is 0 Å². The van der Waals surface area contributed by atoms with Crippen LogP contribution in [0.15, 0.2) is 6.07 Å². The fourth-order valence-electron chi connectivity index (χ4n) is 3.65. The molecule has 0 aromatic carbocycles. The summed E-state index contributed by atoms with van der Waals surface area (Å²) in [6.07, 6.45) is 2.62. The molecule has 0 bridgehead atoms. The molecule has 0 aliphatic carbocycles. The number of thiophene rings is 1. The van der Waals surface area contributed by atoms with Crippen molar-refractivity contribution in [2.45, 2.75) is 45.7 Å². The molecule has 4 heteroatoms. The summed E-state index contributed by atoms with van der Waals surface area (Å²) in [4.78, 5) is 19.9. The first-order valence-electron chi connectivity index (χ1n) is 7.63. The Morgan fingerprint density at radius 1 is 1.40 bits per heavy atom. The van der Waals surface area contributed by atoms with Gasteiger partial charge in [0.2, 0.25) is 0 Å². The van der Waals surface area contributed by atoms with E-state index in [0.29, 0.717) is 24.4 Å². The first-order valence-corrected chi connectivity index (χ1v) is 8.44. The average Bonchev–Trinajstić information content (AvgIpc) is 2.95. The number of Topliss-reactive ketones (excluding diaryl/α,β-unsaturated/α-hetero) is 1. The van der Waals surface area contributed by atoms with Crippen LogP contribution in [0.3, 0.4) is 0 Å². The molecule has 20 heavy (non-hydrogen) atoms. The molecule has 2 unspecified atom stereocenters. The van der Waals surface area contributed by atoms with Crippen LogP contribution >= 0.6 is 11.3 Å². The second-order valence-electron chi connectivity index (χ2n) is 6.32. The molecule has 3 heterocycles. The van der Waals surface area contributed by atoms with Gasteiger partial charge < -0.3 is 0 Å². The minimum absolute atomic E-state index is 0.296. The van der Waals surface area contributed by atoms with E-state index in [1.54, 1.807) is 11.3 Å². The van der Waals surface area contributed by atoms with E-state index < -0.39 is 0 Å². The van der Waals surface area contributed by atoms with Crippen LogP contribution in [-0.4, -0.2) is 53.8 Å². The molecule has 1 aromatic rings. The molecule has 0 radical (unpaired) electrons. The predicted molar refractivity (Wildman–Crippen MR) is 83.8 cm³/mol. The first-order chi connectivity index (χ1) is 9.54. The van der Waals surface area contributed by atoms with E-state index in [2.05, 4.69) is 36.6 Å². The number of aryl methyl sites for hydroxylation is 2. The van der Waals surface area contributed by atoms with Gasteiger partial charge in [0.1, 0.15) is 0 Å². The van der Waals surface area contributed by atoms with Gasteiger partial charge in [-0.3, -0.25) is 14.6 Å². The number of hydrogen-bond donors (Lipinski definition) is 0. The van der Waals surface area contributed by atoms with Crippen LogP contribution in [0.1, 0.15) is 39.9 Å². The van der Waals surface area contributed by atoms with E-state index >= 15 is 0 Å². The van der Waals surface area contributed by atoms with Crippen LogP contribution in [0.25, 0.3) is 0 Å². The van der Waals surface area contributed by atoms with E-state index in [4.69, 9.17) is 0 Å². The Kier molecular flexibility index (Phi) is 3.98. The smallest absolute Gasteiger partial charge is 0.177 e. The number of rotatable bonds is 3. The third-order valence-electron chi connectivity index (χ3n) is 4.75. The molecule has 2 saturated heterocycles. The average molecular weight is 292 g/mol. The predicted octanol–water partition coefficient (Wildman–Crippen LogP) is 2.72. The van der Waals surface area contributed by atoms with Crippen molar-refractivity contribution >= 4 is 17.1 Å². The minimum Gasteiger partial charge on any atom is -0.298 e. The lowest BCUT2D eigenvalue weighted by molar-refractivity contribution is 0.0535. The Bertz CT molecular complexity index is 511.